The van der Waals surface area contributed by atoms with Crippen LogP contribution in [0, 0.1) is 18.8 Å². The highest BCUT2D eigenvalue weighted by atomic mass is 79.9. The van der Waals surface area contributed by atoms with Crippen LogP contribution >= 0.6 is 28.3 Å². The first-order valence-corrected chi connectivity index (χ1v) is 6.74. The predicted molar refractivity (Wildman–Crippen MR) is 77.2 cm³/mol. The van der Waals surface area contributed by atoms with Crippen molar-refractivity contribution in [1.29, 1.82) is 0 Å². The number of hydrogen-bond donors (Lipinski definition) is 2. The summed E-state index contributed by atoms with van der Waals surface area (Å²) in [6.07, 6.45) is 0. The van der Waals surface area contributed by atoms with Crippen LogP contribution in [0.3, 0.4) is 0 Å². The lowest BCUT2D eigenvalue weighted by Crippen LogP contribution is -2.32. The van der Waals surface area contributed by atoms with Crippen molar-refractivity contribution in [3.63, 3.8) is 0 Å². The lowest BCUT2D eigenvalue weighted by molar-refractivity contribution is 0.0946. The van der Waals surface area contributed by atoms with Gasteiger partial charge in [0.05, 0.1) is 0 Å². The summed E-state index contributed by atoms with van der Waals surface area (Å²) in [5.41, 5.74) is 1.80. The number of nitrogens with one attached hydrogen (secondary N) is 2. The van der Waals surface area contributed by atoms with Crippen LogP contribution in [-0.4, -0.2) is 25.0 Å². The molecule has 2 N–H and O–H groups in total. The average molecular weight is 332 g/mol. The van der Waals surface area contributed by atoms with Gasteiger partial charge in [0.2, 0.25) is 0 Å². The van der Waals surface area contributed by atoms with Gasteiger partial charge in [-0.05, 0) is 42.5 Å². The minimum Gasteiger partial charge on any atom is -0.349 e. The van der Waals surface area contributed by atoms with Crippen molar-refractivity contribution in [2.45, 2.75) is 13.0 Å². The minimum absolute atomic E-state index is 0. The molecule has 1 heterocycles. The number of amides is 1. The molecule has 2 aliphatic rings. The van der Waals surface area contributed by atoms with E-state index in [1.807, 2.05) is 25.1 Å². The second kappa shape index (κ2) is 5.19. The molecular weight excluding hydrogens is 316 g/mol. The molecule has 0 bridgehead atoms. The van der Waals surface area contributed by atoms with Crippen molar-refractivity contribution < 1.29 is 4.79 Å². The SMILES string of the molecule is Cc1cc(Br)ccc1C(=O)NC1C2CNCC21.Cl. The van der Waals surface area contributed by atoms with Crippen LogP contribution in [0.15, 0.2) is 22.7 Å². The first-order chi connectivity index (χ1) is 8.16. The van der Waals surface area contributed by atoms with E-state index < -0.39 is 0 Å². The standard InChI is InChI=1S/C13H15BrN2O.ClH/c1-7-4-8(14)2-3-9(7)13(17)16-12-10-5-15-6-11(10)12;/h2-4,10-12,15H,5-6H2,1H3,(H,16,17);1H. The van der Waals surface area contributed by atoms with E-state index in [-0.39, 0.29) is 18.3 Å². The van der Waals surface area contributed by atoms with Gasteiger partial charge < -0.3 is 10.6 Å². The predicted octanol–water partition coefficient (Wildman–Crippen LogP) is 2.13. The van der Waals surface area contributed by atoms with Gasteiger partial charge in [0.15, 0.2) is 0 Å². The molecule has 1 amide bonds. The van der Waals surface area contributed by atoms with E-state index in [0.717, 1.165) is 28.7 Å². The molecule has 1 aliphatic carbocycles. The number of halogens is 2. The Hall–Kier alpha value is -0.580. The monoisotopic (exact) mass is 330 g/mol. The van der Waals surface area contributed by atoms with Gasteiger partial charge >= 0.3 is 0 Å². The lowest BCUT2D eigenvalue weighted by atomic mass is 10.1. The van der Waals surface area contributed by atoms with Crippen LogP contribution in [0.4, 0.5) is 0 Å². The molecule has 3 nitrogen and oxygen atoms in total. The first-order valence-electron chi connectivity index (χ1n) is 5.94. The van der Waals surface area contributed by atoms with E-state index in [0.29, 0.717) is 17.9 Å². The molecule has 5 heteroatoms. The molecule has 2 atom stereocenters. The quantitative estimate of drug-likeness (QED) is 0.871. The number of rotatable bonds is 2. The number of carbonyl (C=O) groups excluding carboxylic acids is 1. The lowest BCUT2D eigenvalue weighted by Gasteiger charge is -2.09. The van der Waals surface area contributed by atoms with E-state index in [2.05, 4.69) is 26.6 Å². The molecular formula is C13H16BrClN2O. The Bertz CT molecular complexity index is 470. The van der Waals surface area contributed by atoms with Crippen molar-refractivity contribution in [3.05, 3.63) is 33.8 Å². The van der Waals surface area contributed by atoms with E-state index in [9.17, 15) is 4.79 Å². The zero-order chi connectivity index (χ0) is 12.0. The smallest absolute Gasteiger partial charge is 0.251 e. The van der Waals surface area contributed by atoms with E-state index in [1.165, 1.54) is 0 Å². The van der Waals surface area contributed by atoms with Crippen LogP contribution < -0.4 is 10.6 Å². The summed E-state index contributed by atoms with van der Waals surface area (Å²) < 4.78 is 1.01. The second-order valence-electron chi connectivity index (χ2n) is 4.94. The van der Waals surface area contributed by atoms with Crippen molar-refractivity contribution >= 4 is 34.2 Å². The van der Waals surface area contributed by atoms with Crippen LogP contribution in [0.1, 0.15) is 15.9 Å². The fraction of sp³-hybridized carbons (Fsp3) is 0.462. The second-order valence-corrected chi connectivity index (χ2v) is 5.86. The molecule has 1 aliphatic heterocycles. The number of fused-ring (bicyclic) bond motifs is 1. The van der Waals surface area contributed by atoms with Gasteiger partial charge in [-0.15, -0.1) is 12.4 Å². The summed E-state index contributed by atoms with van der Waals surface area (Å²) >= 11 is 3.41. The fourth-order valence-corrected chi connectivity index (χ4v) is 3.22. The van der Waals surface area contributed by atoms with Gasteiger partial charge in [-0.25, -0.2) is 0 Å². The van der Waals surface area contributed by atoms with E-state index in [1.54, 1.807) is 0 Å². The summed E-state index contributed by atoms with van der Waals surface area (Å²) in [5, 5.41) is 6.46. The first kappa shape index (κ1) is 13.8. The summed E-state index contributed by atoms with van der Waals surface area (Å²) in [6, 6.07) is 6.17. The molecule has 2 unspecified atom stereocenters. The normalized spacial score (nSPS) is 28.2. The molecule has 1 aromatic carbocycles. The molecule has 1 aromatic rings. The van der Waals surface area contributed by atoms with Crippen LogP contribution in [0.25, 0.3) is 0 Å². The zero-order valence-electron chi connectivity index (χ0n) is 10.1. The maximum atomic E-state index is 12.1. The maximum Gasteiger partial charge on any atom is 0.251 e. The fourth-order valence-electron chi connectivity index (χ4n) is 2.74. The van der Waals surface area contributed by atoms with E-state index >= 15 is 0 Å². The Balaban J connectivity index is 0.00000120. The summed E-state index contributed by atoms with van der Waals surface area (Å²) in [5.74, 6) is 1.39. The van der Waals surface area contributed by atoms with Gasteiger partial charge in [0.1, 0.15) is 0 Å². The summed E-state index contributed by atoms with van der Waals surface area (Å²) in [4.78, 5) is 12.1. The average Bonchev–Trinajstić information content (AvgIpc) is 2.74. The Morgan fingerprint density at radius 3 is 2.67 bits per heavy atom. The highest BCUT2D eigenvalue weighted by Gasteiger charge is 2.53. The molecule has 0 spiro atoms. The van der Waals surface area contributed by atoms with Gasteiger partial charge in [-0.2, -0.15) is 0 Å². The van der Waals surface area contributed by atoms with Gasteiger partial charge in [0, 0.05) is 29.2 Å². The molecule has 0 aromatic heterocycles. The molecule has 1 saturated carbocycles. The third-order valence-electron chi connectivity index (χ3n) is 3.82. The van der Waals surface area contributed by atoms with Crippen LogP contribution in [0.2, 0.25) is 0 Å². The Kier molecular flexibility index (Phi) is 3.99. The third kappa shape index (κ3) is 2.42. The summed E-state index contributed by atoms with van der Waals surface area (Å²) in [7, 11) is 0. The highest BCUT2D eigenvalue weighted by molar-refractivity contribution is 9.10. The molecule has 3 rings (SSSR count). The van der Waals surface area contributed by atoms with Gasteiger partial charge in [-0.3, -0.25) is 4.79 Å². The summed E-state index contributed by atoms with van der Waals surface area (Å²) in [6.45, 7) is 4.07. The number of carbonyl (C=O) groups is 1. The van der Waals surface area contributed by atoms with Crippen molar-refractivity contribution in [3.8, 4) is 0 Å². The van der Waals surface area contributed by atoms with Crippen LogP contribution in [-0.2, 0) is 0 Å². The van der Waals surface area contributed by atoms with Crippen molar-refractivity contribution in [1.82, 2.24) is 10.6 Å². The number of hydrogen-bond acceptors (Lipinski definition) is 2. The molecule has 18 heavy (non-hydrogen) atoms. The number of piperidine rings is 1. The van der Waals surface area contributed by atoms with Crippen molar-refractivity contribution in [2.75, 3.05) is 13.1 Å². The highest BCUT2D eigenvalue weighted by Crippen LogP contribution is 2.41. The Labute approximate surface area is 121 Å². The molecule has 0 radical (unpaired) electrons. The van der Waals surface area contributed by atoms with Gasteiger partial charge in [0.25, 0.3) is 5.91 Å². The zero-order valence-corrected chi connectivity index (χ0v) is 12.5. The third-order valence-corrected chi connectivity index (χ3v) is 4.32. The largest absolute Gasteiger partial charge is 0.349 e. The molecule has 2 fully saturated rings. The van der Waals surface area contributed by atoms with E-state index in [4.69, 9.17) is 0 Å². The number of benzene rings is 1. The molecule has 98 valence electrons. The van der Waals surface area contributed by atoms with Crippen molar-refractivity contribution in [2.24, 2.45) is 11.8 Å². The number of aryl methyl sites for hydroxylation is 1. The molecule has 1 saturated heterocycles. The maximum absolute atomic E-state index is 12.1. The minimum atomic E-state index is 0. The van der Waals surface area contributed by atoms with Crippen LogP contribution in [0.5, 0.6) is 0 Å². The topological polar surface area (TPSA) is 41.1 Å². The Morgan fingerprint density at radius 2 is 2.06 bits per heavy atom. The van der Waals surface area contributed by atoms with Gasteiger partial charge in [-0.1, -0.05) is 15.9 Å². The Morgan fingerprint density at radius 1 is 1.39 bits per heavy atom.